The molecule has 0 aliphatic heterocycles. The quantitative estimate of drug-likeness (QED) is 0.623. The maximum Gasteiger partial charge on any atom is 0.368 e. The third-order valence-electron chi connectivity index (χ3n) is 2.49. The summed E-state index contributed by atoms with van der Waals surface area (Å²) in [6.07, 6.45) is -1.79. The molecule has 0 atom stereocenters. The topological polar surface area (TPSA) is 30.0 Å². The number of nitrogens with zero attached hydrogens (tertiary/aromatic N) is 1. The molecule has 0 fully saturated rings. The number of alkyl halides is 4. The fourth-order valence-corrected chi connectivity index (χ4v) is 1.58. The van der Waals surface area contributed by atoms with Gasteiger partial charge >= 0.3 is 12.3 Å². The monoisotopic (exact) mass is 257 g/mol. The standard InChI is InChI=1S/C12H7F4NO/c13-11(14)12(15,16)10(18)9-6-17-5-7-3-1-2-4-8(7)9/h1-6,11H. The van der Waals surface area contributed by atoms with Crippen molar-refractivity contribution in [2.24, 2.45) is 0 Å². The molecule has 1 aromatic heterocycles. The van der Waals surface area contributed by atoms with Crippen LogP contribution in [0, 0.1) is 0 Å². The van der Waals surface area contributed by atoms with E-state index in [1.165, 1.54) is 18.3 Å². The Hall–Kier alpha value is -1.98. The van der Waals surface area contributed by atoms with Crippen molar-refractivity contribution in [2.45, 2.75) is 12.3 Å². The van der Waals surface area contributed by atoms with Crippen molar-refractivity contribution in [2.75, 3.05) is 0 Å². The number of pyridine rings is 1. The van der Waals surface area contributed by atoms with Gasteiger partial charge in [-0.2, -0.15) is 8.78 Å². The Balaban J connectivity index is 2.59. The minimum absolute atomic E-state index is 0.179. The van der Waals surface area contributed by atoms with Gasteiger partial charge in [-0.25, -0.2) is 8.78 Å². The number of benzene rings is 1. The number of Topliss-reactive ketones (excluding diaryl/α,β-unsaturated/α-hetero) is 1. The first-order valence-electron chi connectivity index (χ1n) is 4.98. The summed E-state index contributed by atoms with van der Waals surface area (Å²) in [5, 5.41) is 0.617. The SMILES string of the molecule is O=C(c1cncc2ccccc12)C(F)(F)C(F)F. The molecule has 1 heterocycles. The van der Waals surface area contributed by atoms with Crippen LogP contribution in [0.25, 0.3) is 10.8 Å². The minimum atomic E-state index is -4.70. The number of carbonyl (C=O) groups is 1. The second-order valence-electron chi connectivity index (χ2n) is 3.66. The number of rotatable bonds is 3. The Morgan fingerprint density at radius 1 is 1.17 bits per heavy atom. The zero-order valence-corrected chi connectivity index (χ0v) is 8.91. The predicted molar refractivity (Wildman–Crippen MR) is 57.0 cm³/mol. The van der Waals surface area contributed by atoms with Crippen LogP contribution in [-0.4, -0.2) is 23.1 Å². The molecular formula is C12H7F4NO. The lowest BCUT2D eigenvalue weighted by Gasteiger charge is -2.14. The van der Waals surface area contributed by atoms with Crippen molar-refractivity contribution in [3.05, 3.63) is 42.2 Å². The predicted octanol–water partition coefficient (Wildman–Crippen LogP) is 3.32. The Morgan fingerprint density at radius 3 is 2.50 bits per heavy atom. The molecule has 18 heavy (non-hydrogen) atoms. The Labute approximate surface area is 99.3 Å². The molecule has 0 spiro atoms. The van der Waals surface area contributed by atoms with E-state index in [9.17, 15) is 22.4 Å². The van der Waals surface area contributed by atoms with Gasteiger partial charge in [-0.3, -0.25) is 9.78 Å². The molecule has 0 amide bonds. The fraction of sp³-hybridized carbons (Fsp3) is 0.167. The third kappa shape index (κ3) is 1.94. The van der Waals surface area contributed by atoms with E-state index in [-0.39, 0.29) is 5.39 Å². The Morgan fingerprint density at radius 2 is 1.83 bits per heavy atom. The largest absolute Gasteiger partial charge is 0.368 e. The number of hydrogen-bond donors (Lipinski definition) is 0. The molecule has 0 N–H and O–H groups in total. The molecule has 2 aromatic rings. The summed E-state index contributed by atoms with van der Waals surface area (Å²) in [5.74, 6) is -6.62. The summed E-state index contributed by atoms with van der Waals surface area (Å²) in [4.78, 5) is 15.1. The summed E-state index contributed by atoms with van der Waals surface area (Å²) in [6.45, 7) is 0. The molecular weight excluding hydrogens is 250 g/mol. The number of hydrogen-bond acceptors (Lipinski definition) is 2. The lowest BCUT2D eigenvalue weighted by atomic mass is 10.0. The summed E-state index contributed by atoms with van der Waals surface area (Å²) < 4.78 is 50.4. The lowest BCUT2D eigenvalue weighted by Crippen LogP contribution is -2.36. The van der Waals surface area contributed by atoms with E-state index in [4.69, 9.17) is 0 Å². The second kappa shape index (κ2) is 4.36. The highest BCUT2D eigenvalue weighted by atomic mass is 19.3. The molecule has 0 unspecified atom stereocenters. The van der Waals surface area contributed by atoms with Crippen LogP contribution in [0.4, 0.5) is 17.6 Å². The minimum Gasteiger partial charge on any atom is -0.287 e. The summed E-state index contributed by atoms with van der Waals surface area (Å²) in [7, 11) is 0. The average Bonchev–Trinajstić information content (AvgIpc) is 2.37. The van der Waals surface area contributed by atoms with Crippen molar-refractivity contribution in [3.63, 3.8) is 0 Å². The maximum absolute atomic E-state index is 13.0. The van der Waals surface area contributed by atoms with E-state index in [1.54, 1.807) is 12.1 Å². The van der Waals surface area contributed by atoms with E-state index in [0.29, 0.717) is 5.39 Å². The smallest absolute Gasteiger partial charge is 0.287 e. The third-order valence-corrected chi connectivity index (χ3v) is 2.49. The highest BCUT2D eigenvalue weighted by molar-refractivity contribution is 6.11. The normalized spacial score (nSPS) is 12.1. The average molecular weight is 257 g/mol. The number of halogens is 4. The van der Waals surface area contributed by atoms with Gasteiger partial charge in [0.1, 0.15) is 0 Å². The van der Waals surface area contributed by atoms with E-state index in [2.05, 4.69) is 4.98 Å². The van der Waals surface area contributed by atoms with Crippen LogP contribution in [0.2, 0.25) is 0 Å². The van der Waals surface area contributed by atoms with Gasteiger partial charge < -0.3 is 0 Å². The van der Waals surface area contributed by atoms with Crippen LogP contribution in [0.3, 0.4) is 0 Å². The van der Waals surface area contributed by atoms with Crippen LogP contribution < -0.4 is 0 Å². The van der Waals surface area contributed by atoms with Crippen molar-refractivity contribution in [1.29, 1.82) is 0 Å². The van der Waals surface area contributed by atoms with E-state index < -0.39 is 23.7 Å². The molecule has 2 rings (SSSR count). The molecule has 0 bridgehead atoms. The summed E-state index contributed by atoms with van der Waals surface area (Å²) in [5.41, 5.74) is -0.501. The van der Waals surface area contributed by atoms with Crippen molar-refractivity contribution < 1.29 is 22.4 Å². The molecule has 6 heteroatoms. The van der Waals surface area contributed by atoms with Gasteiger partial charge in [0.05, 0.1) is 5.56 Å². The fourth-order valence-electron chi connectivity index (χ4n) is 1.58. The number of ketones is 1. The number of carbonyl (C=O) groups excluding carboxylic acids is 1. The summed E-state index contributed by atoms with van der Waals surface area (Å²) in [6, 6.07) is 6.12. The molecule has 0 saturated carbocycles. The van der Waals surface area contributed by atoms with E-state index in [0.717, 1.165) is 6.20 Å². The molecule has 0 aliphatic carbocycles. The maximum atomic E-state index is 13.0. The molecule has 0 radical (unpaired) electrons. The van der Waals surface area contributed by atoms with E-state index >= 15 is 0 Å². The van der Waals surface area contributed by atoms with E-state index in [1.807, 2.05) is 0 Å². The molecule has 2 nitrogen and oxygen atoms in total. The molecule has 0 aliphatic rings. The van der Waals surface area contributed by atoms with Crippen LogP contribution in [0.1, 0.15) is 10.4 Å². The van der Waals surface area contributed by atoms with Crippen molar-refractivity contribution >= 4 is 16.6 Å². The van der Waals surface area contributed by atoms with Gasteiger partial charge in [0.25, 0.3) is 0 Å². The van der Waals surface area contributed by atoms with Gasteiger partial charge in [0.15, 0.2) is 0 Å². The zero-order chi connectivity index (χ0) is 13.3. The second-order valence-corrected chi connectivity index (χ2v) is 3.66. The van der Waals surface area contributed by atoms with Crippen molar-refractivity contribution in [1.82, 2.24) is 4.98 Å². The van der Waals surface area contributed by atoms with Crippen LogP contribution in [0.15, 0.2) is 36.7 Å². The van der Waals surface area contributed by atoms with Crippen LogP contribution in [0.5, 0.6) is 0 Å². The van der Waals surface area contributed by atoms with Crippen molar-refractivity contribution in [3.8, 4) is 0 Å². The Kier molecular flexibility index (Phi) is 3.02. The highest BCUT2D eigenvalue weighted by Crippen LogP contribution is 2.29. The lowest BCUT2D eigenvalue weighted by molar-refractivity contribution is -0.0957. The highest BCUT2D eigenvalue weighted by Gasteiger charge is 2.49. The number of aromatic nitrogens is 1. The van der Waals surface area contributed by atoms with Gasteiger partial charge in [0, 0.05) is 17.8 Å². The van der Waals surface area contributed by atoms with Crippen LogP contribution >= 0.6 is 0 Å². The summed E-state index contributed by atoms with van der Waals surface area (Å²) >= 11 is 0. The molecule has 1 aromatic carbocycles. The van der Waals surface area contributed by atoms with Crippen LogP contribution in [-0.2, 0) is 0 Å². The molecule has 0 saturated heterocycles. The van der Waals surface area contributed by atoms with Gasteiger partial charge in [0.2, 0.25) is 5.78 Å². The Bertz CT molecular complexity index is 592. The number of fused-ring (bicyclic) bond motifs is 1. The first kappa shape index (κ1) is 12.5. The molecule has 94 valence electrons. The zero-order valence-electron chi connectivity index (χ0n) is 8.91. The van der Waals surface area contributed by atoms with Gasteiger partial charge in [-0.05, 0) is 5.39 Å². The van der Waals surface area contributed by atoms with Gasteiger partial charge in [-0.1, -0.05) is 24.3 Å². The first-order valence-corrected chi connectivity index (χ1v) is 4.98. The van der Waals surface area contributed by atoms with Gasteiger partial charge in [-0.15, -0.1) is 0 Å². The first-order chi connectivity index (χ1) is 8.44.